The van der Waals surface area contributed by atoms with Crippen molar-refractivity contribution in [3.8, 4) is 0 Å². The molecule has 0 saturated heterocycles. The topological polar surface area (TPSA) is 38.0 Å². The molecule has 0 spiro atoms. The predicted molar refractivity (Wildman–Crippen MR) is 65.3 cm³/mol. The number of anilines is 1. The van der Waals surface area contributed by atoms with E-state index in [9.17, 15) is 0 Å². The maximum Gasteiger partial charge on any atom is 0.0495 e. The average molecular weight is 225 g/mol. The quantitative estimate of drug-likeness (QED) is 0.826. The minimum absolute atomic E-state index is 0.0355. The summed E-state index contributed by atoms with van der Waals surface area (Å²) in [5, 5.41) is 4.28. The van der Waals surface area contributed by atoms with E-state index in [0.29, 0.717) is 6.54 Å². The summed E-state index contributed by atoms with van der Waals surface area (Å²) in [5.74, 6) is 0.721. The maximum absolute atomic E-state index is 5.84. The molecule has 3 heteroatoms. The number of nitrogens with one attached hydrogen (secondary N) is 1. The molecule has 1 fully saturated rings. The van der Waals surface area contributed by atoms with Crippen LogP contribution in [0, 0.1) is 5.92 Å². The monoisotopic (exact) mass is 224 g/mol. The minimum Gasteiger partial charge on any atom is -0.378 e. The molecule has 1 unspecified atom stereocenters. The number of hydrogen-bond donors (Lipinski definition) is 2. The summed E-state index contributed by atoms with van der Waals surface area (Å²) in [6.07, 6.45) is 2.57. The second-order valence-corrected chi connectivity index (χ2v) is 4.96. The lowest BCUT2D eigenvalue weighted by molar-refractivity contribution is 0.459. The normalized spacial score (nSPS) is 19.7. The molecule has 0 aliphatic heterocycles. The molecule has 1 atom stereocenters. The molecule has 1 aromatic carbocycles. The number of nitrogens with two attached hydrogens (primary N) is 1. The van der Waals surface area contributed by atoms with Crippen LogP contribution in [0.15, 0.2) is 24.3 Å². The fourth-order valence-electron chi connectivity index (χ4n) is 1.90. The maximum atomic E-state index is 5.84. The highest BCUT2D eigenvalue weighted by Crippen LogP contribution is 2.40. The van der Waals surface area contributed by atoms with E-state index < -0.39 is 0 Å². The molecule has 0 amide bonds. The van der Waals surface area contributed by atoms with E-state index in [1.165, 1.54) is 12.8 Å². The molecule has 15 heavy (non-hydrogen) atoms. The second-order valence-electron chi connectivity index (χ2n) is 4.53. The molecule has 82 valence electrons. The van der Waals surface area contributed by atoms with E-state index in [1.807, 2.05) is 24.3 Å². The third kappa shape index (κ3) is 2.44. The summed E-state index contributed by atoms with van der Waals surface area (Å²) in [6, 6.07) is 7.79. The molecule has 2 nitrogen and oxygen atoms in total. The molecular weight excluding hydrogens is 208 g/mol. The minimum atomic E-state index is 0.0355. The van der Waals surface area contributed by atoms with Crippen molar-refractivity contribution in [1.82, 2.24) is 0 Å². The van der Waals surface area contributed by atoms with E-state index in [-0.39, 0.29) is 5.54 Å². The molecule has 3 N–H and O–H groups in total. The number of hydrogen-bond acceptors (Lipinski definition) is 2. The fourth-order valence-corrected chi connectivity index (χ4v) is 2.03. The van der Waals surface area contributed by atoms with Crippen molar-refractivity contribution in [3.63, 3.8) is 0 Å². The second kappa shape index (κ2) is 4.03. The summed E-state index contributed by atoms with van der Waals surface area (Å²) >= 11 is 5.84. The van der Waals surface area contributed by atoms with Crippen molar-refractivity contribution in [2.75, 3.05) is 11.9 Å². The average Bonchev–Trinajstić information content (AvgIpc) is 3.05. The lowest BCUT2D eigenvalue weighted by Gasteiger charge is -2.30. The van der Waals surface area contributed by atoms with Gasteiger partial charge in [-0.15, -0.1) is 0 Å². The molecule has 1 saturated carbocycles. The standard InChI is InChI=1S/C12H17ClN2/c1-12(8-14,9-2-3-9)15-11-6-4-10(13)5-7-11/h4-7,9,15H,2-3,8,14H2,1H3. The number of rotatable bonds is 4. The lowest BCUT2D eigenvalue weighted by Crippen LogP contribution is -2.44. The number of benzene rings is 1. The Labute approximate surface area is 95.8 Å². The van der Waals surface area contributed by atoms with Crippen LogP contribution in [0.4, 0.5) is 5.69 Å². The van der Waals surface area contributed by atoms with Crippen LogP contribution in [0.25, 0.3) is 0 Å². The van der Waals surface area contributed by atoms with Gasteiger partial charge in [0.15, 0.2) is 0 Å². The first-order valence-corrected chi connectivity index (χ1v) is 5.76. The van der Waals surface area contributed by atoms with E-state index in [2.05, 4.69) is 12.2 Å². The van der Waals surface area contributed by atoms with Crippen molar-refractivity contribution in [2.45, 2.75) is 25.3 Å². The molecule has 2 rings (SSSR count). The first-order valence-electron chi connectivity index (χ1n) is 5.38. The van der Waals surface area contributed by atoms with Crippen LogP contribution >= 0.6 is 11.6 Å². The summed E-state index contributed by atoms with van der Waals surface area (Å²) < 4.78 is 0. The van der Waals surface area contributed by atoms with Gasteiger partial charge in [-0.25, -0.2) is 0 Å². The Morgan fingerprint density at radius 1 is 1.40 bits per heavy atom. The molecule has 1 aliphatic carbocycles. The van der Waals surface area contributed by atoms with Crippen LogP contribution in [0.2, 0.25) is 5.02 Å². The van der Waals surface area contributed by atoms with Gasteiger partial charge in [0, 0.05) is 22.8 Å². The molecule has 1 aromatic rings. The van der Waals surface area contributed by atoms with Gasteiger partial charge in [-0.2, -0.15) is 0 Å². The summed E-state index contributed by atoms with van der Waals surface area (Å²) in [6.45, 7) is 2.86. The van der Waals surface area contributed by atoms with E-state index in [4.69, 9.17) is 17.3 Å². The Morgan fingerprint density at radius 3 is 2.47 bits per heavy atom. The van der Waals surface area contributed by atoms with Gasteiger partial charge in [0.25, 0.3) is 0 Å². The molecule has 1 aliphatic rings. The fraction of sp³-hybridized carbons (Fsp3) is 0.500. The molecule has 0 radical (unpaired) electrons. The highest BCUT2D eigenvalue weighted by molar-refractivity contribution is 6.30. The van der Waals surface area contributed by atoms with Gasteiger partial charge in [0.1, 0.15) is 0 Å². The van der Waals surface area contributed by atoms with E-state index in [1.54, 1.807) is 0 Å². The van der Waals surface area contributed by atoms with Crippen LogP contribution in [0.3, 0.4) is 0 Å². The Morgan fingerprint density at radius 2 is 2.00 bits per heavy atom. The molecular formula is C12H17ClN2. The Hall–Kier alpha value is -0.730. The van der Waals surface area contributed by atoms with Gasteiger partial charge in [-0.1, -0.05) is 11.6 Å². The SMILES string of the molecule is CC(CN)(Nc1ccc(Cl)cc1)C1CC1. The van der Waals surface area contributed by atoms with Crippen LogP contribution in [0.5, 0.6) is 0 Å². The number of halogens is 1. The predicted octanol–water partition coefficient (Wildman–Crippen LogP) is 2.88. The van der Waals surface area contributed by atoms with Crippen LogP contribution in [-0.2, 0) is 0 Å². The highest BCUT2D eigenvalue weighted by Gasteiger charge is 2.40. The van der Waals surface area contributed by atoms with E-state index in [0.717, 1.165) is 16.6 Å². The van der Waals surface area contributed by atoms with Gasteiger partial charge in [0.2, 0.25) is 0 Å². The Bertz CT molecular complexity index is 332. The Balaban J connectivity index is 2.09. The van der Waals surface area contributed by atoms with Gasteiger partial charge in [0.05, 0.1) is 0 Å². The van der Waals surface area contributed by atoms with Crippen molar-refractivity contribution in [3.05, 3.63) is 29.3 Å². The Kier molecular flexibility index (Phi) is 2.89. The van der Waals surface area contributed by atoms with Gasteiger partial charge >= 0.3 is 0 Å². The van der Waals surface area contributed by atoms with Crippen LogP contribution in [-0.4, -0.2) is 12.1 Å². The van der Waals surface area contributed by atoms with Crippen molar-refractivity contribution >= 4 is 17.3 Å². The summed E-state index contributed by atoms with van der Waals surface area (Å²) in [7, 11) is 0. The molecule has 0 heterocycles. The molecule has 0 bridgehead atoms. The summed E-state index contributed by atoms with van der Waals surface area (Å²) in [5.41, 5.74) is 6.97. The summed E-state index contributed by atoms with van der Waals surface area (Å²) in [4.78, 5) is 0. The van der Waals surface area contributed by atoms with Crippen molar-refractivity contribution < 1.29 is 0 Å². The highest BCUT2D eigenvalue weighted by atomic mass is 35.5. The van der Waals surface area contributed by atoms with Gasteiger partial charge < -0.3 is 11.1 Å². The lowest BCUT2D eigenvalue weighted by atomic mass is 9.95. The first kappa shape index (κ1) is 10.8. The third-order valence-corrected chi connectivity index (χ3v) is 3.43. The zero-order valence-electron chi connectivity index (χ0n) is 8.96. The zero-order chi connectivity index (χ0) is 10.9. The van der Waals surface area contributed by atoms with E-state index >= 15 is 0 Å². The third-order valence-electron chi connectivity index (χ3n) is 3.18. The van der Waals surface area contributed by atoms with Crippen LogP contribution in [0.1, 0.15) is 19.8 Å². The van der Waals surface area contributed by atoms with Crippen LogP contribution < -0.4 is 11.1 Å². The first-order chi connectivity index (χ1) is 7.14. The van der Waals surface area contributed by atoms with Crippen molar-refractivity contribution in [1.29, 1.82) is 0 Å². The largest absolute Gasteiger partial charge is 0.378 e. The molecule has 0 aromatic heterocycles. The van der Waals surface area contributed by atoms with Gasteiger partial charge in [-0.3, -0.25) is 0 Å². The van der Waals surface area contributed by atoms with Gasteiger partial charge in [-0.05, 0) is 49.9 Å². The van der Waals surface area contributed by atoms with Crippen molar-refractivity contribution in [2.24, 2.45) is 11.7 Å². The zero-order valence-corrected chi connectivity index (χ0v) is 9.72. The smallest absolute Gasteiger partial charge is 0.0495 e.